The highest BCUT2D eigenvalue weighted by molar-refractivity contribution is 7.12. The highest BCUT2D eigenvalue weighted by Gasteiger charge is 2.04. The zero-order valence-electron chi connectivity index (χ0n) is 3.70. The minimum absolute atomic E-state index is 0.0370. The first-order chi connectivity index (χ1) is 3.80. The Kier molecular flexibility index (Phi) is 1.21. The zero-order chi connectivity index (χ0) is 5.98. The Morgan fingerprint density at radius 2 is 2.75 bits per heavy atom. The average molecular weight is 129 g/mol. The molecule has 0 N–H and O–H groups in total. The normalized spacial score (nSPS) is 9.00. The molecule has 0 aromatic carbocycles. The maximum atomic E-state index is 9.81. The molecular weight excluding hydrogens is 128 g/mol. The van der Waals surface area contributed by atoms with E-state index >= 15 is 0 Å². The largest absolute Gasteiger partial charge is 0.353 e. The molecule has 0 atom stereocenters. The van der Waals surface area contributed by atoms with Crippen LogP contribution < -0.4 is 0 Å². The second-order valence-corrected chi connectivity index (χ2v) is 1.86. The van der Waals surface area contributed by atoms with E-state index in [1.807, 2.05) is 0 Å². The standard InChI is InChI=1S/C3HN2O2S/c6-5(7)3-1-4-2-8-3/h2H. The lowest BCUT2D eigenvalue weighted by atomic mass is 10.9. The first-order valence-electron chi connectivity index (χ1n) is 1.76. The van der Waals surface area contributed by atoms with E-state index in [4.69, 9.17) is 0 Å². The summed E-state index contributed by atoms with van der Waals surface area (Å²) in [4.78, 5) is 12.7. The first kappa shape index (κ1) is 5.17. The summed E-state index contributed by atoms with van der Waals surface area (Å²) < 4.78 is 0. The highest BCUT2D eigenvalue weighted by atomic mass is 32.1. The van der Waals surface area contributed by atoms with Gasteiger partial charge in [-0.25, -0.2) is 4.98 Å². The van der Waals surface area contributed by atoms with Crippen LogP contribution in [0.5, 0.6) is 0 Å². The van der Waals surface area contributed by atoms with E-state index in [-0.39, 0.29) is 5.00 Å². The van der Waals surface area contributed by atoms with Crippen molar-refractivity contribution in [3.05, 3.63) is 21.8 Å². The van der Waals surface area contributed by atoms with E-state index < -0.39 is 4.92 Å². The Bertz CT molecular complexity index is 183. The summed E-state index contributed by atoms with van der Waals surface area (Å²) in [5.74, 6) is 0. The SMILES string of the molecule is O=[N+]([O-])c1[c]ncs1. The van der Waals surface area contributed by atoms with Crippen molar-refractivity contribution < 1.29 is 4.92 Å². The molecule has 0 fully saturated rings. The molecule has 0 aliphatic carbocycles. The molecule has 4 nitrogen and oxygen atoms in total. The molecular formula is C3HN2O2S. The third-order valence-electron chi connectivity index (χ3n) is 0.543. The van der Waals surface area contributed by atoms with Crippen LogP contribution in [-0.4, -0.2) is 9.91 Å². The molecule has 1 rings (SSSR count). The number of rotatable bonds is 1. The van der Waals surface area contributed by atoms with Gasteiger partial charge in [0.1, 0.15) is 0 Å². The topological polar surface area (TPSA) is 56.0 Å². The molecule has 41 valence electrons. The lowest BCUT2D eigenvalue weighted by molar-refractivity contribution is -0.380. The van der Waals surface area contributed by atoms with Gasteiger partial charge in [0.05, 0.1) is 10.4 Å². The van der Waals surface area contributed by atoms with Crippen molar-refractivity contribution in [3.63, 3.8) is 0 Å². The summed E-state index contributed by atoms with van der Waals surface area (Å²) in [6, 6.07) is 0. The highest BCUT2D eigenvalue weighted by Crippen LogP contribution is 2.13. The van der Waals surface area contributed by atoms with E-state index in [0.29, 0.717) is 0 Å². The minimum Gasteiger partial charge on any atom is -0.257 e. The van der Waals surface area contributed by atoms with E-state index in [9.17, 15) is 10.1 Å². The molecule has 0 saturated carbocycles. The van der Waals surface area contributed by atoms with Gasteiger partial charge in [-0.2, -0.15) is 0 Å². The second-order valence-electron chi connectivity index (χ2n) is 1.03. The van der Waals surface area contributed by atoms with Crippen molar-refractivity contribution in [1.29, 1.82) is 0 Å². The van der Waals surface area contributed by atoms with Crippen molar-refractivity contribution in [2.24, 2.45) is 0 Å². The molecule has 0 aliphatic rings. The van der Waals surface area contributed by atoms with Gasteiger partial charge in [-0.05, 0) is 11.3 Å². The van der Waals surface area contributed by atoms with Gasteiger partial charge in [-0.3, -0.25) is 10.1 Å². The third kappa shape index (κ3) is 0.812. The summed E-state index contributed by atoms with van der Waals surface area (Å²) in [7, 11) is 0. The Balaban J connectivity index is 2.93. The monoisotopic (exact) mass is 129 g/mol. The van der Waals surface area contributed by atoms with Crippen LogP contribution in [0.15, 0.2) is 5.51 Å². The van der Waals surface area contributed by atoms with Gasteiger partial charge in [0, 0.05) is 0 Å². The maximum absolute atomic E-state index is 9.81. The van der Waals surface area contributed by atoms with Crippen molar-refractivity contribution in [3.8, 4) is 0 Å². The molecule has 0 bridgehead atoms. The van der Waals surface area contributed by atoms with Crippen LogP contribution >= 0.6 is 11.3 Å². The van der Waals surface area contributed by atoms with Crippen LogP contribution in [0.4, 0.5) is 5.00 Å². The molecule has 1 aromatic heterocycles. The van der Waals surface area contributed by atoms with Crippen LogP contribution in [0, 0.1) is 16.3 Å². The van der Waals surface area contributed by atoms with Crippen LogP contribution in [0.1, 0.15) is 0 Å². The van der Waals surface area contributed by atoms with Crippen molar-refractivity contribution in [2.45, 2.75) is 0 Å². The van der Waals surface area contributed by atoms with Gasteiger partial charge in [-0.1, -0.05) is 0 Å². The predicted octanol–water partition coefficient (Wildman–Crippen LogP) is 0.851. The van der Waals surface area contributed by atoms with Gasteiger partial charge in [-0.15, -0.1) is 0 Å². The van der Waals surface area contributed by atoms with Crippen LogP contribution in [-0.2, 0) is 0 Å². The predicted molar refractivity (Wildman–Crippen MR) is 27.6 cm³/mol. The Labute approximate surface area is 48.9 Å². The fourth-order valence-corrected chi connectivity index (χ4v) is 0.665. The quantitative estimate of drug-likeness (QED) is 0.417. The molecule has 0 spiro atoms. The molecule has 1 heterocycles. The summed E-state index contributed by atoms with van der Waals surface area (Å²) in [6.45, 7) is 0. The van der Waals surface area contributed by atoms with Crippen LogP contribution in [0.2, 0.25) is 0 Å². The summed E-state index contributed by atoms with van der Waals surface area (Å²) in [5, 5.41) is 9.77. The number of hydrogen-bond acceptors (Lipinski definition) is 4. The maximum Gasteiger partial charge on any atom is 0.353 e. The number of hydrogen-bond donors (Lipinski definition) is 0. The lowest BCUT2D eigenvalue weighted by Gasteiger charge is -1.74. The van der Waals surface area contributed by atoms with E-state index in [1.165, 1.54) is 5.51 Å². The summed E-state index contributed by atoms with van der Waals surface area (Å²) in [6.07, 6.45) is 2.21. The van der Waals surface area contributed by atoms with Gasteiger partial charge >= 0.3 is 5.00 Å². The molecule has 0 saturated heterocycles. The number of nitrogens with zero attached hydrogens (tertiary/aromatic N) is 2. The van der Waals surface area contributed by atoms with Crippen molar-refractivity contribution in [1.82, 2.24) is 4.98 Å². The van der Waals surface area contributed by atoms with Crippen molar-refractivity contribution in [2.75, 3.05) is 0 Å². The van der Waals surface area contributed by atoms with Crippen molar-refractivity contribution >= 4 is 16.3 Å². The molecule has 1 radical (unpaired) electrons. The van der Waals surface area contributed by atoms with E-state index in [2.05, 4.69) is 11.2 Å². The van der Waals surface area contributed by atoms with E-state index in [0.717, 1.165) is 11.3 Å². The Morgan fingerprint density at radius 1 is 2.00 bits per heavy atom. The van der Waals surface area contributed by atoms with Crippen LogP contribution in [0.3, 0.4) is 0 Å². The van der Waals surface area contributed by atoms with Gasteiger partial charge in [0.25, 0.3) is 0 Å². The van der Waals surface area contributed by atoms with Gasteiger partial charge in [0.2, 0.25) is 0 Å². The second kappa shape index (κ2) is 1.87. The Morgan fingerprint density at radius 3 is 3.00 bits per heavy atom. The zero-order valence-corrected chi connectivity index (χ0v) is 4.51. The molecule has 1 aromatic rings. The molecule has 5 heteroatoms. The number of nitro groups is 1. The van der Waals surface area contributed by atoms with Gasteiger partial charge in [0.15, 0.2) is 6.20 Å². The molecule has 0 unspecified atom stereocenters. The third-order valence-corrected chi connectivity index (χ3v) is 1.22. The van der Waals surface area contributed by atoms with Crippen LogP contribution in [0.25, 0.3) is 0 Å². The first-order valence-corrected chi connectivity index (χ1v) is 2.64. The number of thiazole rings is 1. The fraction of sp³-hybridized carbons (Fsp3) is 0. The Hall–Kier alpha value is -0.970. The average Bonchev–Trinajstić information content (AvgIpc) is 2.12. The minimum atomic E-state index is -0.516. The number of aromatic nitrogens is 1. The molecule has 8 heavy (non-hydrogen) atoms. The fourth-order valence-electron chi connectivity index (χ4n) is 0.268. The van der Waals surface area contributed by atoms with E-state index in [1.54, 1.807) is 0 Å². The smallest absolute Gasteiger partial charge is 0.257 e. The van der Waals surface area contributed by atoms with Gasteiger partial charge < -0.3 is 0 Å². The lowest BCUT2D eigenvalue weighted by Crippen LogP contribution is -1.81. The molecule has 0 amide bonds. The molecule has 0 aliphatic heterocycles. The summed E-state index contributed by atoms with van der Waals surface area (Å²) >= 11 is 0.965. The summed E-state index contributed by atoms with van der Waals surface area (Å²) in [5.41, 5.74) is 1.37.